The van der Waals surface area contributed by atoms with Crippen molar-refractivity contribution in [2.24, 2.45) is 0 Å². The Morgan fingerprint density at radius 2 is 2.00 bits per heavy atom. The van der Waals surface area contributed by atoms with E-state index in [2.05, 4.69) is 44.8 Å². The molecular weight excluding hydrogens is 188 g/mol. The highest BCUT2D eigenvalue weighted by atomic mass is 16.3. The van der Waals surface area contributed by atoms with E-state index < -0.39 is 0 Å². The molecule has 1 heterocycles. The average molecular weight is 214 g/mol. The normalized spacial score (nSPS) is 28.8. The highest BCUT2D eigenvalue weighted by molar-refractivity contribution is 4.95. The number of rotatable bonds is 1. The van der Waals surface area contributed by atoms with E-state index in [0.717, 1.165) is 19.5 Å². The van der Waals surface area contributed by atoms with Gasteiger partial charge in [0, 0.05) is 23.7 Å². The van der Waals surface area contributed by atoms with Gasteiger partial charge in [-0.05, 0) is 47.6 Å². The molecule has 1 unspecified atom stereocenters. The summed E-state index contributed by atoms with van der Waals surface area (Å²) in [5.74, 6) is 0. The van der Waals surface area contributed by atoms with Gasteiger partial charge < -0.3 is 10.4 Å². The average Bonchev–Trinajstić information content (AvgIpc) is 2.22. The molecule has 0 bridgehead atoms. The monoisotopic (exact) mass is 214 g/mol. The van der Waals surface area contributed by atoms with Gasteiger partial charge in [-0.25, -0.2) is 0 Å². The first-order valence-corrected chi connectivity index (χ1v) is 5.89. The molecule has 0 aromatic heterocycles. The number of hydrogen-bond donors (Lipinski definition) is 2. The van der Waals surface area contributed by atoms with Crippen molar-refractivity contribution in [3.05, 3.63) is 0 Å². The van der Waals surface area contributed by atoms with Crippen molar-refractivity contribution >= 4 is 0 Å². The molecule has 3 heteroatoms. The SMILES string of the molecule is CC(C)(C)N1CC(CO)NCCC1(C)C. The van der Waals surface area contributed by atoms with Gasteiger partial charge in [0.05, 0.1) is 6.61 Å². The number of nitrogens with one attached hydrogen (secondary N) is 1. The molecule has 1 atom stereocenters. The summed E-state index contributed by atoms with van der Waals surface area (Å²) in [5, 5.41) is 12.7. The second-order valence-electron chi connectivity index (χ2n) is 6.18. The van der Waals surface area contributed by atoms with Gasteiger partial charge in [-0.3, -0.25) is 4.90 Å². The standard InChI is InChI=1S/C12H26N2O/c1-11(2,3)14-8-10(9-15)13-7-6-12(14,4)5/h10,13,15H,6-9H2,1-5H3. The van der Waals surface area contributed by atoms with Crippen molar-refractivity contribution in [2.45, 2.75) is 58.2 Å². The van der Waals surface area contributed by atoms with Crippen molar-refractivity contribution < 1.29 is 5.11 Å². The summed E-state index contributed by atoms with van der Waals surface area (Å²) in [6.45, 7) is 13.5. The molecule has 1 rings (SSSR count). The zero-order chi connectivity index (χ0) is 11.7. The van der Waals surface area contributed by atoms with Crippen LogP contribution >= 0.6 is 0 Å². The Kier molecular flexibility index (Phi) is 3.80. The predicted molar refractivity (Wildman–Crippen MR) is 64.0 cm³/mol. The minimum absolute atomic E-state index is 0.156. The molecule has 2 N–H and O–H groups in total. The molecule has 0 saturated carbocycles. The molecule has 90 valence electrons. The molecule has 1 aliphatic heterocycles. The molecule has 0 radical (unpaired) electrons. The Balaban J connectivity index is 2.85. The predicted octanol–water partition coefficient (Wildman–Crippen LogP) is 1.22. The molecule has 0 spiro atoms. The first-order valence-electron chi connectivity index (χ1n) is 5.89. The van der Waals surface area contributed by atoms with Gasteiger partial charge in [0.1, 0.15) is 0 Å². The fraction of sp³-hybridized carbons (Fsp3) is 1.00. The molecule has 1 fully saturated rings. The molecule has 0 aromatic carbocycles. The van der Waals surface area contributed by atoms with E-state index in [1.165, 1.54) is 0 Å². The minimum Gasteiger partial charge on any atom is -0.395 e. The number of hydrogen-bond acceptors (Lipinski definition) is 3. The van der Waals surface area contributed by atoms with E-state index in [9.17, 15) is 5.11 Å². The van der Waals surface area contributed by atoms with E-state index in [1.54, 1.807) is 0 Å². The lowest BCUT2D eigenvalue weighted by molar-refractivity contribution is 0.0221. The van der Waals surface area contributed by atoms with Crippen LogP contribution in [0.2, 0.25) is 0 Å². The fourth-order valence-corrected chi connectivity index (χ4v) is 2.55. The highest BCUT2D eigenvalue weighted by Gasteiger charge is 2.37. The van der Waals surface area contributed by atoms with Gasteiger partial charge in [-0.2, -0.15) is 0 Å². The van der Waals surface area contributed by atoms with Crippen LogP contribution in [-0.2, 0) is 0 Å². The van der Waals surface area contributed by atoms with E-state index >= 15 is 0 Å². The van der Waals surface area contributed by atoms with E-state index in [4.69, 9.17) is 0 Å². The lowest BCUT2D eigenvalue weighted by Gasteiger charge is -2.46. The van der Waals surface area contributed by atoms with Gasteiger partial charge in [0.25, 0.3) is 0 Å². The Labute approximate surface area is 93.9 Å². The van der Waals surface area contributed by atoms with Crippen molar-refractivity contribution in [2.75, 3.05) is 19.7 Å². The van der Waals surface area contributed by atoms with Crippen LogP contribution in [0, 0.1) is 0 Å². The van der Waals surface area contributed by atoms with Crippen molar-refractivity contribution in [3.63, 3.8) is 0 Å². The van der Waals surface area contributed by atoms with Gasteiger partial charge in [0.15, 0.2) is 0 Å². The molecule has 3 nitrogen and oxygen atoms in total. The van der Waals surface area contributed by atoms with E-state index in [-0.39, 0.29) is 23.7 Å². The Hall–Kier alpha value is -0.120. The summed E-state index contributed by atoms with van der Waals surface area (Å²) in [5.41, 5.74) is 0.359. The second kappa shape index (κ2) is 4.40. The summed E-state index contributed by atoms with van der Waals surface area (Å²) in [4.78, 5) is 2.50. The first-order chi connectivity index (χ1) is 6.77. The lowest BCUT2D eigenvalue weighted by atomic mass is 9.92. The van der Waals surface area contributed by atoms with Crippen LogP contribution < -0.4 is 5.32 Å². The Morgan fingerprint density at radius 3 is 2.47 bits per heavy atom. The summed E-state index contributed by atoms with van der Waals surface area (Å²) in [6, 6.07) is 0.214. The quantitative estimate of drug-likeness (QED) is 0.689. The maximum Gasteiger partial charge on any atom is 0.0597 e. The van der Waals surface area contributed by atoms with Crippen LogP contribution in [0.15, 0.2) is 0 Å². The van der Waals surface area contributed by atoms with Gasteiger partial charge in [-0.1, -0.05) is 0 Å². The zero-order valence-electron chi connectivity index (χ0n) is 10.8. The third-order valence-corrected chi connectivity index (χ3v) is 3.33. The van der Waals surface area contributed by atoms with Crippen LogP contribution in [-0.4, -0.2) is 46.8 Å². The maximum atomic E-state index is 9.28. The van der Waals surface area contributed by atoms with Crippen molar-refractivity contribution in [3.8, 4) is 0 Å². The fourth-order valence-electron chi connectivity index (χ4n) is 2.55. The first kappa shape index (κ1) is 12.9. The smallest absolute Gasteiger partial charge is 0.0597 e. The molecule has 15 heavy (non-hydrogen) atoms. The number of aliphatic hydroxyl groups is 1. The lowest BCUT2D eigenvalue weighted by Crippen LogP contribution is -2.56. The topological polar surface area (TPSA) is 35.5 Å². The molecular formula is C12H26N2O. The van der Waals surface area contributed by atoms with Gasteiger partial charge >= 0.3 is 0 Å². The molecule has 0 aliphatic carbocycles. The molecule has 1 aliphatic rings. The summed E-state index contributed by atoms with van der Waals surface area (Å²) < 4.78 is 0. The maximum absolute atomic E-state index is 9.28. The number of nitrogens with zero attached hydrogens (tertiary/aromatic N) is 1. The molecule has 1 saturated heterocycles. The van der Waals surface area contributed by atoms with Crippen LogP contribution in [0.25, 0.3) is 0 Å². The highest BCUT2D eigenvalue weighted by Crippen LogP contribution is 2.29. The van der Waals surface area contributed by atoms with Crippen molar-refractivity contribution in [1.29, 1.82) is 0 Å². The molecule has 0 aromatic rings. The zero-order valence-corrected chi connectivity index (χ0v) is 10.8. The third-order valence-electron chi connectivity index (χ3n) is 3.33. The summed E-state index contributed by atoms with van der Waals surface area (Å²) >= 11 is 0. The Morgan fingerprint density at radius 1 is 1.40 bits per heavy atom. The van der Waals surface area contributed by atoms with Crippen molar-refractivity contribution in [1.82, 2.24) is 10.2 Å². The van der Waals surface area contributed by atoms with E-state index in [0.29, 0.717) is 0 Å². The van der Waals surface area contributed by atoms with E-state index in [1.807, 2.05) is 0 Å². The third kappa shape index (κ3) is 3.16. The van der Waals surface area contributed by atoms with Gasteiger partial charge in [0.2, 0.25) is 0 Å². The second-order valence-corrected chi connectivity index (χ2v) is 6.18. The van der Waals surface area contributed by atoms with Crippen LogP contribution in [0.1, 0.15) is 41.0 Å². The molecule has 0 amide bonds. The summed E-state index contributed by atoms with van der Waals surface area (Å²) in [7, 11) is 0. The largest absolute Gasteiger partial charge is 0.395 e. The Bertz CT molecular complexity index is 208. The van der Waals surface area contributed by atoms with Crippen LogP contribution in [0.3, 0.4) is 0 Å². The van der Waals surface area contributed by atoms with Gasteiger partial charge in [-0.15, -0.1) is 0 Å². The minimum atomic E-state index is 0.156. The van der Waals surface area contributed by atoms with Crippen LogP contribution in [0.4, 0.5) is 0 Å². The summed E-state index contributed by atoms with van der Waals surface area (Å²) in [6.07, 6.45) is 1.13. The number of aliphatic hydroxyl groups excluding tert-OH is 1. The van der Waals surface area contributed by atoms with Crippen LogP contribution in [0.5, 0.6) is 0 Å².